The van der Waals surface area contributed by atoms with E-state index in [1.165, 1.54) is 4.88 Å². The van der Waals surface area contributed by atoms with Crippen molar-refractivity contribution >= 4 is 33.2 Å². The van der Waals surface area contributed by atoms with E-state index in [2.05, 4.69) is 32.4 Å². The van der Waals surface area contributed by atoms with Gasteiger partial charge >= 0.3 is 0 Å². The fourth-order valence-corrected chi connectivity index (χ4v) is 3.57. The summed E-state index contributed by atoms with van der Waals surface area (Å²) in [5.74, 6) is 0.0386. The maximum Gasteiger partial charge on any atom is 0.254 e. The van der Waals surface area contributed by atoms with E-state index in [0.29, 0.717) is 18.7 Å². The van der Waals surface area contributed by atoms with Gasteiger partial charge in [0.1, 0.15) is 0 Å². The number of amides is 1. The smallest absolute Gasteiger partial charge is 0.254 e. The molecule has 3 nitrogen and oxygen atoms in total. The van der Waals surface area contributed by atoms with Gasteiger partial charge < -0.3 is 4.90 Å². The highest BCUT2D eigenvalue weighted by Gasteiger charge is 2.16. The highest BCUT2D eigenvalue weighted by Crippen LogP contribution is 2.17. The Morgan fingerprint density at radius 3 is 2.79 bits per heavy atom. The largest absolute Gasteiger partial charge is 0.334 e. The summed E-state index contributed by atoms with van der Waals surface area (Å²) in [6.07, 6.45) is 4.42. The fraction of sp³-hybridized carbons (Fsp3) is 0.158. The number of carbonyl (C=O) groups excluding carboxylic acids is 1. The van der Waals surface area contributed by atoms with Crippen molar-refractivity contribution < 1.29 is 4.79 Å². The Labute approximate surface area is 154 Å². The van der Waals surface area contributed by atoms with E-state index in [1.807, 2.05) is 53.6 Å². The minimum atomic E-state index is 0.0386. The molecule has 3 aromatic rings. The average Bonchev–Trinajstić information content (AvgIpc) is 3.12. The van der Waals surface area contributed by atoms with Crippen molar-refractivity contribution in [2.75, 3.05) is 6.54 Å². The lowest BCUT2D eigenvalue weighted by Crippen LogP contribution is -2.32. The highest BCUT2D eigenvalue weighted by atomic mass is 79.9. The lowest BCUT2D eigenvalue weighted by atomic mass is 10.1. The number of thiophene rings is 1. The van der Waals surface area contributed by atoms with Crippen molar-refractivity contribution in [1.29, 1.82) is 0 Å². The third-order valence-electron chi connectivity index (χ3n) is 3.66. The molecule has 0 radical (unpaired) electrons. The van der Waals surface area contributed by atoms with Crippen LogP contribution in [0.25, 0.3) is 0 Å². The summed E-state index contributed by atoms with van der Waals surface area (Å²) in [5.41, 5.74) is 1.73. The van der Waals surface area contributed by atoms with E-state index < -0.39 is 0 Å². The van der Waals surface area contributed by atoms with Gasteiger partial charge in [0.05, 0.1) is 0 Å². The summed E-state index contributed by atoms with van der Waals surface area (Å²) < 4.78 is 0.910. The van der Waals surface area contributed by atoms with Crippen LogP contribution in [0, 0.1) is 0 Å². The van der Waals surface area contributed by atoms with Gasteiger partial charge in [0.15, 0.2) is 0 Å². The van der Waals surface area contributed by atoms with Gasteiger partial charge in [-0.05, 0) is 47.7 Å². The maximum atomic E-state index is 12.9. The van der Waals surface area contributed by atoms with E-state index in [4.69, 9.17) is 0 Å². The number of benzene rings is 1. The highest BCUT2D eigenvalue weighted by molar-refractivity contribution is 9.10. The molecule has 24 heavy (non-hydrogen) atoms. The zero-order valence-electron chi connectivity index (χ0n) is 13.1. The SMILES string of the molecule is O=C(c1cccc(Br)c1)N(CCc1cccs1)Cc1cccnc1. The lowest BCUT2D eigenvalue weighted by molar-refractivity contribution is 0.0745. The van der Waals surface area contributed by atoms with E-state index in [0.717, 1.165) is 16.5 Å². The molecular formula is C19H17BrN2OS. The second-order valence-corrected chi connectivity index (χ2v) is 7.38. The Morgan fingerprint density at radius 2 is 2.08 bits per heavy atom. The van der Waals surface area contributed by atoms with Gasteiger partial charge in [0, 0.05) is 40.4 Å². The van der Waals surface area contributed by atoms with Crippen LogP contribution in [0.15, 0.2) is 70.8 Å². The molecule has 0 atom stereocenters. The van der Waals surface area contributed by atoms with Crippen LogP contribution < -0.4 is 0 Å². The number of pyridine rings is 1. The summed E-state index contributed by atoms with van der Waals surface area (Å²) in [5, 5.41) is 2.07. The third kappa shape index (κ3) is 4.52. The summed E-state index contributed by atoms with van der Waals surface area (Å²) in [4.78, 5) is 20.3. The monoisotopic (exact) mass is 400 g/mol. The van der Waals surface area contributed by atoms with Crippen LogP contribution in [-0.2, 0) is 13.0 Å². The first-order valence-electron chi connectivity index (χ1n) is 7.68. The first-order valence-corrected chi connectivity index (χ1v) is 9.36. The molecule has 0 spiro atoms. The third-order valence-corrected chi connectivity index (χ3v) is 5.09. The Hall–Kier alpha value is -1.98. The van der Waals surface area contributed by atoms with Gasteiger partial charge in [0.2, 0.25) is 0 Å². The summed E-state index contributed by atoms with van der Waals surface area (Å²) in [6.45, 7) is 1.24. The van der Waals surface area contributed by atoms with Crippen LogP contribution in [0.3, 0.4) is 0 Å². The molecule has 1 amide bonds. The van der Waals surface area contributed by atoms with Gasteiger partial charge in [-0.1, -0.05) is 34.1 Å². The van der Waals surface area contributed by atoms with Crippen molar-refractivity contribution in [1.82, 2.24) is 9.88 Å². The van der Waals surface area contributed by atoms with Crippen LogP contribution in [0.5, 0.6) is 0 Å². The topological polar surface area (TPSA) is 33.2 Å². The molecule has 0 unspecified atom stereocenters. The summed E-state index contributed by atoms with van der Waals surface area (Å²) in [7, 11) is 0. The molecule has 0 saturated heterocycles. The Kier molecular flexibility index (Phi) is 5.77. The molecule has 0 fully saturated rings. The zero-order valence-corrected chi connectivity index (χ0v) is 15.5. The molecule has 122 valence electrons. The second kappa shape index (κ2) is 8.22. The first-order chi connectivity index (χ1) is 11.7. The zero-order chi connectivity index (χ0) is 16.8. The van der Waals surface area contributed by atoms with E-state index in [1.54, 1.807) is 17.5 Å². The second-order valence-electron chi connectivity index (χ2n) is 5.43. The van der Waals surface area contributed by atoms with Crippen molar-refractivity contribution in [2.24, 2.45) is 0 Å². The van der Waals surface area contributed by atoms with Gasteiger partial charge in [0.25, 0.3) is 5.91 Å². The first kappa shape index (κ1) is 16.9. The predicted octanol–water partition coefficient (Wildman–Crippen LogP) is 4.79. The van der Waals surface area contributed by atoms with Crippen molar-refractivity contribution in [3.63, 3.8) is 0 Å². The number of halogens is 1. The number of nitrogens with zero attached hydrogens (tertiary/aromatic N) is 2. The maximum absolute atomic E-state index is 12.9. The molecule has 2 aromatic heterocycles. The molecule has 0 aliphatic rings. The van der Waals surface area contributed by atoms with Crippen LogP contribution in [0.1, 0.15) is 20.8 Å². The Bertz CT molecular complexity index is 790. The normalized spacial score (nSPS) is 10.5. The number of aromatic nitrogens is 1. The Morgan fingerprint density at radius 1 is 1.17 bits per heavy atom. The Balaban J connectivity index is 1.78. The minimum Gasteiger partial charge on any atom is -0.334 e. The van der Waals surface area contributed by atoms with Gasteiger partial charge in [-0.3, -0.25) is 9.78 Å². The molecule has 0 aliphatic heterocycles. The molecule has 0 bridgehead atoms. The predicted molar refractivity (Wildman–Crippen MR) is 101 cm³/mol. The quantitative estimate of drug-likeness (QED) is 0.595. The lowest BCUT2D eigenvalue weighted by Gasteiger charge is -2.23. The van der Waals surface area contributed by atoms with Gasteiger partial charge in [-0.25, -0.2) is 0 Å². The van der Waals surface area contributed by atoms with Crippen molar-refractivity contribution in [2.45, 2.75) is 13.0 Å². The van der Waals surface area contributed by atoms with Crippen LogP contribution in [0.2, 0.25) is 0 Å². The molecule has 0 N–H and O–H groups in total. The molecule has 1 aromatic carbocycles. The average molecular weight is 401 g/mol. The van der Waals surface area contributed by atoms with E-state index in [9.17, 15) is 4.79 Å². The number of rotatable bonds is 6. The van der Waals surface area contributed by atoms with E-state index >= 15 is 0 Å². The van der Waals surface area contributed by atoms with Crippen molar-refractivity contribution in [3.8, 4) is 0 Å². The minimum absolute atomic E-state index is 0.0386. The molecule has 0 saturated carbocycles. The summed E-state index contributed by atoms with van der Waals surface area (Å²) in [6, 6.07) is 15.6. The molecule has 0 aliphatic carbocycles. The molecule has 2 heterocycles. The standard InChI is InChI=1S/C19H17BrN2OS/c20-17-6-1-5-16(12-17)19(23)22(10-8-18-7-3-11-24-18)14-15-4-2-9-21-13-15/h1-7,9,11-13H,8,10,14H2. The van der Waals surface area contributed by atoms with Crippen LogP contribution in [0.4, 0.5) is 0 Å². The summed E-state index contributed by atoms with van der Waals surface area (Å²) >= 11 is 5.16. The van der Waals surface area contributed by atoms with Crippen LogP contribution >= 0.6 is 27.3 Å². The van der Waals surface area contributed by atoms with Gasteiger partial charge in [-0.15, -0.1) is 11.3 Å². The number of hydrogen-bond donors (Lipinski definition) is 0. The molecular weight excluding hydrogens is 384 g/mol. The number of carbonyl (C=O) groups is 1. The number of hydrogen-bond acceptors (Lipinski definition) is 3. The molecule has 3 rings (SSSR count). The van der Waals surface area contributed by atoms with Crippen molar-refractivity contribution in [3.05, 3.63) is 86.8 Å². The van der Waals surface area contributed by atoms with Gasteiger partial charge in [-0.2, -0.15) is 0 Å². The fourth-order valence-electron chi connectivity index (χ4n) is 2.47. The molecule has 5 heteroatoms. The van der Waals surface area contributed by atoms with E-state index in [-0.39, 0.29) is 5.91 Å². The van der Waals surface area contributed by atoms with Crippen LogP contribution in [-0.4, -0.2) is 22.3 Å².